The summed E-state index contributed by atoms with van der Waals surface area (Å²) in [6, 6.07) is 20.5. The van der Waals surface area contributed by atoms with E-state index in [1.807, 2.05) is 42.7 Å². The van der Waals surface area contributed by atoms with Crippen molar-refractivity contribution in [3.8, 4) is 23.1 Å². The van der Waals surface area contributed by atoms with Gasteiger partial charge >= 0.3 is 0 Å². The molecule has 0 atom stereocenters. The molecule has 11 heteroatoms. The standard InChI is InChI=1S/C29H28N10S/c1-40-26-9-8-23-29(37-26)39(28(35-23)22-3-2-13-33-27(22)31)21-6-4-19(5-7-21)18-38-15-11-20(12-16-38)34-24-10-14-32-25(17-30)36-24/h2-10,13-14,20H,11-12,15-16,18H2,1H3,(H2,31,33)(H,32,34,36). The van der Waals surface area contributed by atoms with Crippen LogP contribution in [0.2, 0.25) is 0 Å². The summed E-state index contributed by atoms with van der Waals surface area (Å²) in [6.45, 7) is 2.84. The first-order valence-electron chi connectivity index (χ1n) is 13.1. The van der Waals surface area contributed by atoms with E-state index in [4.69, 9.17) is 21.0 Å². The lowest BCUT2D eigenvalue weighted by molar-refractivity contribution is 0.211. The number of hydrogen-bond acceptors (Lipinski definition) is 10. The van der Waals surface area contributed by atoms with E-state index in [2.05, 4.69) is 54.0 Å². The van der Waals surface area contributed by atoms with Gasteiger partial charge in [0.1, 0.15) is 23.2 Å². The van der Waals surface area contributed by atoms with E-state index in [1.54, 1.807) is 24.2 Å². The van der Waals surface area contributed by atoms with E-state index in [-0.39, 0.29) is 5.82 Å². The molecule has 0 radical (unpaired) electrons. The highest BCUT2D eigenvalue weighted by Gasteiger charge is 2.21. The van der Waals surface area contributed by atoms with Crippen LogP contribution in [0.3, 0.4) is 0 Å². The van der Waals surface area contributed by atoms with Crippen molar-refractivity contribution in [2.75, 3.05) is 30.4 Å². The topological polar surface area (TPSA) is 134 Å². The fraction of sp³-hybridized carbons (Fsp3) is 0.241. The fourth-order valence-corrected chi connectivity index (χ4v) is 5.41. The first kappa shape index (κ1) is 25.7. The predicted molar refractivity (Wildman–Crippen MR) is 157 cm³/mol. The lowest BCUT2D eigenvalue weighted by Gasteiger charge is -2.32. The monoisotopic (exact) mass is 548 g/mol. The molecule has 0 unspecified atom stereocenters. The Hall–Kier alpha value is -4.53. The molecule has 1 saturated heterocycles. The summed E-state index contributed by atoms with van der Waals surface area (Å²) in [6.07, 6.45) is 7.33. The number of nitrogens with two attached hydrogens (primary N) is 1. The van der Waals surface area contributed by atoms with Crippen molar-refractivity contribution in [3.63, 3.8) is 0 Å². The minimum atomic E-state index is 0.186. The summed E-state index contributed by atoms with van der Waals surface area (Å²) in [5.41, 5.74) is 10.8. The van der Waals surface area contributed by atoms with Crippen molar-refractivity contribution >= 4 is 34.6 Å². The Morgan fingerprint density at radius 2 is 1.82 bits per heavy atom. The first-order chi connectivity index (χ1) is 19.6. The van der Waals surface area contributed by atoms with Crippen molar-refractivity contribution in [2.45, 2.75) is 30.5 Å². The molecule has 0 saturated carbocycles. The molecule has 1 aliphatic heterocycles. The molecule has 1 fully saturated rings. The lowest BCUT2D eigenvalue weighted by Crippen LogP contribution is -2.38. The molecule has 1 aromatic carbocycles. The van der Waals surface area contributed by atoms with Crippen LogP contribution in [0.1, 0.15) is 24.2 Å². The summed E-state index contributed by atoms with van der Waals surface area (Å²) >= 11 is 1.60. The fourth-order valence-electron chi connectivity index (χ4n) is 5.03. The van der Waals surface area contributed by atoms with Crippen LogP contribution in [0.25, 0.3) is 28.2 Å². The number of nitrogens with one attached hydrogen (secondary N) is 1. The third-order valence-corrected chi connectivity index (χ3v) is 7.71. The maximum atomic E-state index is 9.03. The third-order valence-electron chi connectivity index (χ3n) is 7.06. The second kappa shape index (κ2) is 11.3. The van der Waals surface area contributed by atoms with E-state index in [0.717, 1.165) is 65.7 Å². The van der Waals surface area contributed by atoms with Crippen molar-refractivity contribution in [1.82, 2.24) is 34.4 Å². The van der Waals surface area contributed by atoms with Crippen molar-refractivity contribution in [3.05, 3.63) is 78.4 Å². The molecule has 0 bridgehead atoms. The van der Waals surface area contributed by atoms with Crippen LogP contribution in [0.5, 0.6) is 0 Å². The lowest BCUT2D eigenvalue weighted by atomic mass is 10.0. The van der Waals surface area contributed by atoms with E-state index in [1.165, 1.54) is 5.56 Å². The molecule has 0 aliphatic carbocycles. The normalized spacial score (nSPS) is 14.3. The number of rotatable bonds is 7. The number of nitriles is 1. The summed E-state index contributed by atoms with van der Waals surface area (Å²) in [4.78, 5) is 24.7. The quantitative estimate of drug-likeness (QED) is 0.279. The van der Waals surface area contributed by atoms with E-state index in [0.29, 0.717) is 17.7 Å². The van der Waals surface area contributed by atoms with Crippen molar-refractivity contribution in [1.29, 1.82) is 5.26 Å². The Bertz CT molecular complexity index is 1680. The number of pyridine rings is 2. The molecule has 3 N–H and O–H groups in total. The Labute approximate surface area is 236 Å². The van der Waals surface area contributed by atoms with E-state index in [9.17, 15) is 0 Å². The van der Waals surface area contributed by atoms with E-state index >= 15 is 0 Å². The Morgan fingerprint density at radius 1 is 1.00 bits per heavy atom. The molecule has 5 heterocycles. The minimum Gasteiger partial charge on any atom is -0.383 e. The van der Waals surface area contributed by atoms with Gasteiger partial charge in [0.2, 0.25) is 5.82 Å². The Kier molecular flexibility index (Phi) is 7.27. The number of imidazole rings is 1. The highest BCUT2D eigenvalue weighted by Crippen LogP contribution is 2.31. The maximum absolute atomic E-state index is 9.03. The number of hydrogen-bond donors (Lipinski definition) is 2. The largest absolute Gasteiger partial charge is 0.383 e. The molecule has 4 aromatic heterocycles. The zero-order valence-electron chi connectivity index (χ0n) is 22.0. The van der Waals surface area contributed by atoms with E-state index < -0.39 is 0 Å². The summed E-state index contributed by atoms with van der Waals surface area (Å²) in [7, 11) is 0. The zero-order valence-corrected chi connectivity index (χ0v) is 22.8. The Balaban J connectivity index is 1.19. The van der Waals surface area contributed by atoms with Crippen molar-refractivity contribution < 1.29 is 0 Å². The van der Waals surface area contributed by atoms with Gasteiger partial charge in [-0.15, -0.1) is 11.8 Å². The number of aromatic nitrogens is 6. The maximum Gasteiger partial charge on any atom is 0.234 e. The molecule has 40 heavy (non-hydrogen) atoms. The molecule has 0 spiro atoms. The smallest absolute Gasteiger partial charge is 0.234 e. The average molecular weight is 549 g/mol. The van der Waals surface area contributed by atoms with Gasteiger partial charge in [-0.1, -0.05) is 12.1 Å². The SMILES string of the molecule is CSc1ccc2nc(-c3cccnc3N)n(-c3ccc(CN4CCC(Nc5ccnc(C#N)n5)CC4)cc3)c2n1. The van der Waals surface area contributed by atoms with Crippen LogP contribution in [0.15, 0.2) is 72.0 Å². The number of piperidine rings is 1. The van der Waals surface area contributed by atoms with Gasteiger partial charge in [-0.05, 0) is 67.1 Å². The van der Waals surface area contributed by atoms with Gasteiger partial charge in [-0.3, -0.25) is 9.47 Å². The summed E-state index contributed by atoms with van der Waals surface area (Å²) < 4.78 is 2.06. The molecule has 0 amide bonds. The molecular weight excluding hydrogens is 520 g/mol. The van der Waals surface area contributed by atoms with Crippen LogP contribution in [0.4, 0.5) is 11.6 Å². The van der Waals surface area contributed by atoms with Gasteiger partial charge in [0.15, 0.2) is 11.5 Å². The number of benzene rings is 1. The zero-order chi connectivity index (χ0) is 27.5. The second-order valence-electron chi connectivity index (χ2n) is 9.64. The van der Waals surface area contributed by atoms with Crippen LogP contribution < -0.4 is 11.1 Å². The molecule has 10 nitrogen and oxygen atoms in total. The molecule has 6 rings (SSSR count). The van der Waals surface area contributed by atoms with Gasteiger partial charge < -0.3 is 11.1 Å². The van der Waals surface area contributed by atoms with Crippen LogP contribution >= 0.6 is 11.8 Å². The predicted octanol–water partition coefficient (Wildman–Crippen LogP) is 4.52. The van der Waals surface area contributed by atoms with Gasteiger partial charge in [0, 0.05) is 43.8 Å². The number of nitrogens with zero attached hydrogens (tertiary/aromatic N) is 8. The summed E-state index contributed by atoms with van der Waals surface area (Å²) in [5, 5.41) is 13.4. The highest BCUT2D eigenvalue weighted by molar-refractivity contribution is 7.98. The number of nitrogen functional groups attached to an aromatic ring is 1. The van der Waals surface area contributed by atoms with Crippen molar-refractivity contribution in [2.24, 2.45) is 0 Å². The van der Waals surface area contributed by atoms with Gasteiger partial charge in [0.05, 0.1) is 10.6 Å². The highest BCUT2D eigenvalue weighted by atomic mass is 32.2. The molecule has 5 aromatic rings. The van der Waals surface area contributed by atoms with Gasteiger partial charge in [-0.25, -0.2) is 24.9 Å². The van der Waals surface area contributed by atoms with Crippen LogP contribution in [-0.4, -0.2) is 59.8 Å². The van der Waals surface area contributed by atoms with Gasteiger partial charge in [0.25, 0.3) is 0 Å². The molecule has 200 valence electrons. The van der Waals surface area contributed by atoms with Crippen LogP contribution in [0, 0.1) is 11.3 Å². The number of anilines is 2. The number of fused-ring (bicyclic) bond motifs is 1. The minimum absolute atomic E-state index is 0.186. The number of thioether (sulfide) groups is 1. The van der Waals surface area contributed by atoms with Crippen LogP contribution in [-0.2, 0) is 6.54 Å². The van der Waals surface area contributed by atoms with Gasteiger partial charge in [-0.2, -0.15) is 5.26 Å². The molecular formula is C29H28N10S. The third kappa shape index (κ3) is 5.32. The summed E-state index contributed by atoms with van der Waals surface area (Å²) in [5.74, 6) is 2.05. The number of likely N-dealkylation sites (tertiary alicyclic amines) is 1. The first-order valence-corrected chi connectivity index (χ1v) is 14.3. The average Bonchev–Trinajstić information content (AvgIpc) is 3.37. The second-order valence-corrected chi connectivity index (χ2v) is 10.5. The molecule has 1 aliphatic rings. The Morgan fingerprint density at radius 3 is 2.58 bits per heavy atom.